The summed E-state index contributed by atoms with van der Waals surface area (Å²) in [7, 11) is 0. The molecule has 0 saturated carbocycles. The average Bonchev–Trinajstić information content (AvgIpc) is 3.33. The molecule has 9 nitrogen and oxygen atoms in total. The molecule has 0 bridgehead atoms. The first kappa shape index (κ1) is 21.1. The second-order valence-corrected chi connectivity index (χ2v) is 7.80. The molecule has 0 aliphatic heterocycles. The summed E-state index contributed by atoms with van der Waals surface area (Å²) in [5, 5.41) is 4.31. The number of nitrogens with two attached hydrogens (primary N) is 1. The molecule has 0 radical (unpaired) electrons. The van der Waals surface area contributed by atoms with E-state index in [1.807, 2.05) is 24.3 Å². The van der Waals surface area contributed by atoms with Crippen LogP contribution in [0.5, 0.6) is 0 Å². The highest BCUT2D eigenvalue weighted by molar-refractivity contribution is 6.05. The van der Waals surface area contributed by atoms with Crippen LogP contribution < -0.4 is 16.6 Å². The van der Waals surface area contributed by atoms with Crippen LogP contribution in [0.25, 0.3) is 27.8 Å². The van der Waals surface area contributed by atoms with Crippen molar-refractivity contribution in [3.63, 3.8) is 0 Å². The highest BCUT2D eigenvalue weighted by Crippen LogP contribution is 2.22. The molecular formula is C25H20N6O3. The number of primary amides is 1. The lowest BCUT2D eigenvalue weighted by Gasteiger charge is -2.15. The highest BCUT2D eigenvalue weighted by atomic mass is 16.2. The lowest BCUT2D eigenvalue weighted by Crippen LogP contribution is -2.36. The Hall–Kier alpha value is -4.79. The largest absolute Gasteiger partial charge is 0.369 e. The molecule has 9 heteroatoms. The van der Waals surface area contributed by atoms with E-state index in [-0.39, 0.29) is 12.1 Å². The van der Waals surface area contributed by atoms with Gasteiger partial charge < -0.3 is 16.0 Å². The minimum absolute atomic E-state index is 0.195. The first-order valence-corrected chi connectivity index (χ1v) is 10.6. The third kappa shape index (κ3) is 3.79. The molecule has 4 N–H and O–H groups in total. The fourth-order valence-corrected chi connectivity index (χ4v) is 4.04. The standard InChI is InChI=1S/C25H20N6O3/c26-22(33)21(16-4-2-1-3-5-16)25(34)28-13-15-6-8-19-17(12-15)7-9-20(32)31(19)24-18-10-11-27-23(18)29-14-30-24/h1-12,14,21H,13H2,(H2,26,33)(H,28,34)(H,27,29,30). The van der Waals surface area contributed by atoms with Crippen LogP contribution >= 0.6 is 0 Å². The van der Waals surface area contributed by atoms with E-state index in [0.29, 0.717) is 22.5 Å². The zero-order valence-electron chi connectivity index (χ0n) is 17.9. The van der Waals surface area contributed by atoms with Gasteiger partial charge in [-0.05, 0) is 40.8 Å². The monoisotopic (exact) mass is 452 g/mol. The molecule has 5 aromatic rings. The van der Waals surface area contributed by atoms with Crippen molar-refractivity contribution in [3.8, 4) is 5.82 Å². The molecule has 0 aliphatic rings. The summed E-state index contributed by atoms with van der Waals surface area (Å²) in [5.41, 5.74) is 7.91. The first-order chi connectivity index (χ1) is 16.5. The molecule has 3 aromatic heterocycles. The fraction of sp³-hybridized carbons (Fsp3) is 0.0800. The predicted octanol–water partition coefficient (Wildman–Crippen LogP) is 2.15. The number of H-pyrrole nitrogens is 1. The third-order valence-electron chi connectivity index (χ3n) is 5.65. The van der Waals surface area contributed by atoms with Gasteiger partial charge in [-0.1, -0.05) is 36.4 Å². The van der Waals surface area contributed by atoms with E-state index in [4.69, 9.17) is 5.73 Å². The van der Waals surface area contributed by atoms with Crippen LogP contribution in [-0.2, 0) is 16.1 Å². The van der Waals surface area contributed by atoms with Crippen LogP contribution in [0, 0.1) is 0 Å². The van der Waals surface area contributed by atoms with E-state index in [9.17, 15) is 14.4 Å². The van der Waals surface area contributed by atoms with Gasteiger partial charge in [0.2, 0.25) is 11.8 Å². The summed E-state index contributed by atoms with van der Waals surface area (Å²) < 4.78 is 1.54. The van der Waals surface area contributed by atoms with Crippen LogP contribution in [0.4, 0.5) is 0 Å². The lowest BCUT2D eigenvalue weighted by molar-refractivity contribution is -0.130. The zero-order valence-corrected chi connectivity index (χ0v) is 17.9. The third-order valence-corrected chi connectivity index (χ3v) is 5.65. The Morgan fingerprint density at radius 2 is 1.85 bits per heavy atom. The summed E-state index contributed by atoms with van der Waals surface area (Å²) in [5.74, 6) is -1.78. The summed E-state index contributed by atoms with van der Waals surface area (Å²) in [6.45, 7) is 0.195. The molecule has 0 aliphatic carbocycles. The molecule has 1 unspecified atom stereocenters. The molecule has 0 spiro atoms. The van der Waals surface area contributed by atoms with E-state index in [1.54, 1.807) is 42.6 Å². The highest BCUT2D eigenvalue weighted by Gasteiger charge is 2.26. The number of pyridine rings is 1. The van der Waals surface area contributed by atoms with Crippen molar-refractivity contribution in [2.45, 2.75) is 12.5 Å². The molecule has 5 rings (SSSR count). The van der Waals surface area contributed by atoms with Crippen LogP contribution in [0.15, 0.2) is 84.0 Å². The molecule has 168 valence electrons. The SMILES string of the molecule is NC(=O)C(C(=O)NCc1ccc2c(ccc(=O)n2-c2ncnc3[nH]ccc23)c1)c1ccccc1. The minimum Gasteiger partial charge on any atom is -0.369 e. The number of hydrogen-bond donors (Lipinski definition) is 3. The average molecular weight is 452 g/mol. The Balaban J connectivity index is 1.45. The van der Waals surface area contributed by atoms with Crippen LogP contribution in [0.1, 0.15) is 17.0 Å². The van der Waals surface area contributed by atoms with E-state index < -0.39 is 17.7 Å². The van der Waals surface area contributed by atoms with Gasteiger partial charge in [0.1, 0.15) is 17.9 Å². The maximum atomic E-state index is 12.8. The number of aromatic amines is 1. The predicted molar refractivity (Wildman–Crippen MR) is 127 cm³/mol. The maximum Gasteiger partial charge on any atom is 0.256 e. The van der Waals surface area contributed by atoms with Gasteiger partial charge in [-0.25, -0.2) is 9.97 Å². The minimum atomic E-state index is -1.08. The topological polar surface area (TPSA) is 136 Å². The summed E-state index contributed by atoms with van der Waals surface area (Å²) in [4.78, 5) is 49.0. The lowest BCUT2D eigenvalue weighted by atomic mass is 9.97. The number of aromatic nitrogens is 4. The van der Waals surface area contributed by atoms with Crippen molar-refractivity contribution in [3.05, 3.63) is 101 Å². The number of carbonyl (C=O) groups is 2. The Kier molecular flexibility index (Phi) is 5.35. The van der Waals surface area contributed by atoms with Crippen molar-refractivity contribution in [2.24, 2.45) is 5.73 Å². The summed E-state index contributed by atoms with van der Waals surface area (Å²) >= 11 is 0. The van der Waals surface area contributed by atoms with Crippen LogP contribution in [-0.4, -0.2) is 31.3 Å². The number of nitrogens with zero attached hydrogens (tertiary/aromatic N) is 3. The Labute approximate surface area is 193 Å². The van der Waals surface area contributed by atoms with Crippen molar-refractivity contribution in [2.75, 3.05) is 0 Å². The molecule has 2 amide bonds. The van der Waals surface area contributed by atoms with E-state index in [2.05, 4.69) is 20.3 Å². The number of fused-ring (bicyclic) bond motifs is 2. The smallest absolute Gasteiger partial charge is 0.256 e. The molecule has 3 heterocycles. The van der Waals surface area contributed by atoms with Gasteiger partial charge in [0, 0.05) is 18.8 Å². The van der Waals surface area contributed by atoms with Crippen molar-refractivity contribution >= 4 is 33.8 Å². The van der Waals surface area contributed by atoms with Crippen LogP contribution in [0.2, 0.25) is 0 Å². The second-order valence-electron chi connectivity index (χ2n) is 7.80. The molecule has 1 atom stereocenters. The summed E-state index contributed by atoms with van der Waals surface area (Å²) in [6, 6.07) is 19.2. The van der Waals surface area contributed by atoms with E-state index in [0.717, 1.165) is 16.3 Å². The molecule has 0 saturated heterocycles. The quantitative estimate of drug-likeness (QED) is 0.339. The number of amides is 2. The maximum absolute atomic E-state index is 12.8. The normalized spacial score (nSPS) is 12.0. The van der Waals surface area contributed by atoms with Gasteiger partial charge in [-0.2, -0.15) is 0 Å². The molecular weight excluding hydrogens is 432 g/mol. The summed E-state index contributed by atoms with van der Waals surface area (Å²) in [6.07, 6.45) is 3.15. The number of carbonyl (C=O) groups excluding carboxylic acids is 2. The van der Waals surface area contributed by atoms with E-state index in [1.165, 1.54) is 17.0 Å². The Morgan fingerprint density at radius 3 is 2.65 bits per heavy atom. The van der Waals surface area contributed by atoms with Crippen molar-refractivity contribution in [1.29, 1.82) is 0 Å². The fourth-order valence-electron chi connectivity index (χ4n) is 4.04. The molecule has 34 heavy (non-hydrogen) atoms. The van der Waals surface area contributed by atoms with Gasteiger partial charge in [-0.15, -0.1) is 0 Å². The zero-order chi connectivity index (χ0) is 23.7. The number of hydrogen-bond acceptors (Lipinski definition) is 5. The molecule has 0 fully saturated rings. The number of nitrogens with one attached hydrogen (secondary N) is 2. The van der Waals surface area contributed by atoms with Gasteiger partial charge in [0.05, 0.1) is 10.9 Å². The van der Waals surface area contributed by atoms with Gasteiger partial charge in [0.25, 0.3) is 5.56 Å². The Morgan fingerprint density at radius 1 is 1.03 bits per heavy atom. The van der Waals surface area contributed by atoms with Crippen molar-refractivity contribution < 1.29 is 9.59 Å². The van der Waals surface area contributed by atoms with Gasteiger partial charge >= 0.3 is 0 Å². The Bertz CT molecular complexity index is 1590. The number of rotatable bonds is 6. The van der Waals surface area contributed by atoms with Gasteiger partial charge in [0.15, 0.2) is 5.82 Å². The molecule has 2 aromatic carbocycles. The van der Waals surface area contributed by atoms with E-state index >= 15 is 0 Å². The second kappa shape index (κ2) is 8.62. The van der Waals surface area contributed by atoms with Crippen LogP contribution in [0.3, 0.4) is 0 Å². The number of benzene rings is 2. The first-order valence-electron chi connectivity index (χ1n) is 10.6. The van der Waals surface area contributed by atoms with Crippen molar-refractivity contribution in [1.82, 2.24) is 24.8 Å². The van der Waals surface area contributed by atoms with Gasteiger partial charge in [-0.3, -0.25) is 19.0 Å².